The number of nitrogens with one attached hydrogen (secondary N) is 1. The van der Waals surface area contributed by atoms with Crippen molar-refractivity contribution in [3.05, 3.63) is 52.7 Å². The van der Waals surface area contributed by atoms with Gasteiger partial charge in [-0.25, -0.2) is 4.98 Å². The molecule has 92 valence electrons. The molecule has 2 aromatic rings. The van der Waals surface area contributed by atoms with E-state index in [9.17, 15) is 0 Å². The highest BCUT2D eigenvalue weighted by Gasteiger charge is 2.03. The topological polar surface area (TPSA) is 50.9 Å². The van der Waals surface area contributed by atoms with Gasteiger partial charge in [-0.1, -0.05) is 29.9 Å². The molecule has 0 bridgehead atoms. The SMILES string of the molecule is Cc1cc(Cl)ccc1Nc1cccc(C(N)=S)n1. The molecule has 0 aliphatic carbocycles. The van der Waals surface area contributed by atoms with Crippen molar-refractivity contribution in [2.24, 2.45) is 5.73 Å². The first-order valence-electron chi connectivity index (χ1n) is 5.36. The molecule has 0 spiro atoms. The van der Waals surface area contributed by atoms with Gasteiger partial charge in [-0.2, -0.15) is 0 Å². The Labute approximate surface area is 116 Å². The number of nitrogens with two attached hydrogens (primary N) is 1. The number of pyridine rings is 1. The largest absolute Gasteiger partial charge is 0.388 e. The van der Waals surface area contributed by atoms with Gasteiger partial charge in [0.25, 0.3) is 0 Å². The van der Waals surface area contributed by atoms with Gasteiger partial charge in [-0.05, 0) is 42.8 Å². The summed E-state index contributed by atoms with van der Waals surface area (Å²) < 4.78 is 0. The first-order valence-corrected chi connectivity index (χ1v) is 6.15. The van der Waals surface area contributed by atoms with Gasteiger partial charge in [0, 0.05) is 10.7 Å². The average molecular weight is 278 g/mol. The third-order valence-corrected chi connectivity index (χ3v) is 2.90. The van der Waals surface area contributed by atoms with E-state index in [1.807, 2.05) is 37.3 Å². The maximum atomic E-state index is 5.91. The van der Waals surface area contributed by atoms with E-state index in [4.69, 9.17) is 29.6 Å². The molecule has 0 unspecified atom stereocenters. The van der Waals surface area contributed by atoms with Crippen molar-refractivity contribution in [1.29, 1.82) is 0 Å². The first kappa shape index (κ1) is 12.8. The Balaban J connectivity index is 2.28. The highest BCUT2D eigenvalue weighted by Crippen LogP contribution is 2.22. The molecule has 5 heteroatoms. The molecule has 0 aliphatic heterocycles. The molecule has 0 radical (unpaired) electrons. The van der Waals surface area contributed by atoms with Crippen LogP contribution in [-0.2, 0) is 0 Å². The van der Waals surface area contributed by atoms with E-state index in [1.165, 1.54) is 0 Å². The zero-order chi connectivity index (χ0) is 13.1. The lowest BCUT2D eigenvalue weighted by Crippen LogP contribution is -2.12. The van der Waals surface area contributed by atoms with Crippen LogP contribution in [0.25, 0.3) is 0 Å². The van der Waals surface area contributed by atoms with Crippen LogP contribution in [-0.4, -0.2) is 9.97 Å². The van der Waals surface area contributed by atoms with Crippen molar-refractivity contribution >= 4 is 40.3 Å². The van der Waals surface area contributed by atoms with E-state index < -0.39 is 0 Å². The van der Waals surface area contributed by atoms with E-state index >= 15 is 0 Å². The fraction of sp³-hybridized carbons (Fsp3) is 0.0769. The maximum Gasteiger partial charge on any atom is 0.131 e. The Bertz CT molecular complexity index is 599. The number of halogens is 1. The van der Waals surface area contributed by atoms with Crippen molar-refractivity contribution in [3.63, 3.8) is 0 Å². The predicted octanol–water partition coefficient (Wildman–Crippen LogP) is 3.42. The molecule has 1 aromatic carbocycles. The molecule has 1 aromatic heterocycles. The van der Waals surface area contributed by atoms with Gasteiger partial charge in [-0.3, -0.25) is 0 Å². The maximum absolute atomic E-state index is 5.91. The van der Waals surface area contributed by atoms with Crippen LogP contribution in [0.3, 0.4) is 0 Å². The predicted molar refractivity (Wildman–Crippen MR) is 79.6 cm³/mol. The van der Waals surface area contributed by atoms with Gasteiger partial charge >= 0.3 is 0 Å². The number of hydrogen-bond acceptors (Lipinski definition) is 3. The fourth-order valence-corrected chi connectivity index (χ4v) is 1.89. The first-order chi connectivity index (χ1) is 8.56. The van der Waals surface area contributed by atoms with Crippen molar-refractivity contribution in [2.45, 2.75) is 6.92 Å². The van der Waals surface area contributed by atoms with Crippen molar-refractivity contribution in [3.8, 4) is 0 Å². The number of thiocarbonyl (C=S) groups is 1. The number of aromatic nitrogens is 1. The summed E-state index contributed by atoms with van der Waals surface area (Å²) in [7, 11) is 0. The second-order valence-corrected chi connectivity index (χ2v) is 4.73. The van der Waals surface area contributed by atoms with Gasteiger partial charge in [0.05, 0.1) is 5.69 Å². The van der Waals surface area contributed by atoms with E-state index in [0.29, 0.717) is 16.5 Å². The van der Waals surface area contributed by atoms with E-state index in [0.717, 1.165) is 11.3 Å². The Kier molecular flexibility index (Phi) is 3.79. The van der Waals surface area contributed by atoms with E-state index in [1.54, 1.807) is 6.07 Å². The minimum atomic E-state index is 0.284. The van der Waals surface area contributed by atoms with Crippen LogP contribution >= 0.6 is 23.8 Å². The van der Waals surface area contributed by atoms with Crippen LogP contribution in [0.5, 0.6) is 0 Å². The molecule has 0 amide bonds. The van der Waals surface area contributed by atoms with Crippen LogP contribution < -0.4 is 11.1 Å². The quantitative estimate of drug-likeness (QED) is 0.844. The number of nitrogens with zero attached hydrogens (tertiary/aromatic N) is 1. The van der Waals surface area contributed by atoms with Gasteiger partial charge in [0.1, 0.15) is 10.8 Å². The van der Waals surface area contributed by atoms with Crippen molar-refractivity contribution in [1.82, 2.24) is 4.98 Å². The van der Waals surface area contributed by atoms with Gasteiger partial charge in [0.15, 0.2) is 0 Å². The molecule has 0 fully saturated rings. The third kappa shape index (κ3) is 2.97. The molecule has 0 saturated carbocycles. The van der Waals surface area contributed by atoms with E-state index in [2.05, 4.69) is 10.3 Å². The van der Waals surface area contributed by atoms with Crippen LogP contribution in [0.4, 0.5) is 11.5 Å². The van der Waals surface area contributed by atoms with Crippen molar-refractivity contribution in [2.75, 3.05) is 5.32 Å². The lowest BCUT2D eigenvalue weighted by atomic mass is 10.2. The zero-order valence-corrected chi connectivity index (χ0v) is 11.3. The lowest BCUT2D eigenvalue weighted by molar-refractivity contribution is 1.27. The number of hydrogen-bond donors (Lipinski definition) is 2. The fourth-order valence-electron chi connectivity index (χ4n) is 1.55. The van der Waals surface area contributed by atoms with Gasteiger partial charge in [0.2, 0.25) is 0 Å². The van der Waals surface area contributed by atoms with Crippen LogP contribution in [0.2, 0.25) is 5.02 Å². The second kappa shape index (κ2) is 5.33. The summed E-state index contributed by atoms with van der Waals surface area (Å²) in [6.07, 6.45) is 0. The second-order valence-electron chi connectivity index (χ2n) is 3.86. The molecular formula is C13H12ClN3S. The molecule has 3 N–H and O–H groups in total. The van der Waals surface area contributed by atoms with Crippen LogP contribution in [0.1, 0.15) is 11.3 Å². The van der Waals surface area contributed by atoms with Crippen molar-refractivity contribution < 1.29 is 0 Å². The molecule has 0 aliphatic rings. The monoisotopic (exact) mass is 277 g/mol. The molecule has 3 nitrogen and oxygen atoms in total. The summed E-state index contributed by atoms with van der Waals surface area (Å²) in [6.45, 7) is 1.98. The Hall–Kier alpha value is -1.65. The molecular weight excluding hydrogens is 266 g/mol. The lowest BCUT2D eigenvalue weighted by Gasteiger charge is -2.09. The average Bonchev–Trinajstić information content (AvgIpc) is 2.33. The Morgan fingerprint density at radius 1 is 1.33 bits per heavy atom. The molecule has 18 heavy (non-hydrogen) atoms. The summed E-state index contributed by atoms with van der Waals surface area (Å²) in [4.78, 5) is 4.60. The Morgan fingerprint density at radius 2 is 2.11 bits per heavy atom. The number of benzene rings is 1. The molecule has 0 atom stereocenters. The number of rotatable bonds is 3. The molecule has 0 saturated heterocycles. The minimum absolute atomic E-state index is 0.284. The summed E-state index contributed by atoms with van der Waals surface area (Å²) in [5.74, 6) is 0.700. The minimum Gasteiger partial charge on any atom is -0.388 e. The van der Waals surface area contributed by atoms with Gasteiger partial charge in [-0.15, -0.1) is 0 Å². The molecule has 2 rings (SSSR count). The normalized spacial score (nSPS) is 10.1. The van der Waals surface area contributed by atoms with E-state index in [-0.39, 0.29) is 4.99 Å². The smallest absolute Gasteiger partial charge is 0.131 e. The summed E-state index contributed by atoms with van der Waals surface area (Å²) in [5, 5.41) is 3.92. The highest BCUT2D eigenvalue weighted by atomic mass is 35.5. The summed E-state index contributed by atoms with van der Waals surface area (Å²) >= 11 is 10.8. The van der Waals surface area contributed by atoms with Gasteiger partial charge < -0.3 is 11.1 Å². The van der Waals surface area contributed by atoms with Crippen LogP contribution in [0.15, 0.2) is 36.4 Å². The number of anilines is 2. The zero-order valence-electron chi connectivity index (χ0n) is 9.77. The highest BCUT2D eigenvalue weighted by molar-refractivity contribution is 7.80. The Morgan fingerprint density at radius 3 is 2.78 bits per heavy atom. The third-order valence-electron chi connectivity index (χ3n) is 2.45. The summed E-state index contributed by atoms with van der Waals surface area (Å²) in [5.41, 5.74) is 8.15. The summed E-state index contributed by atoms with van der Waals surface area (Å²) in [6, 6.07) is 11.1. The van der Waals surface area contributed by atoms with Crippen LogP contribution in [0, 0.1) is 6.92 Å². The molecule has 1 heterocycles. The standard InChI is InChI=1S/C13H12ClN3S/c1-8-7-9(14)5-6-10(8)16-12-4-2-3-11(17-12)13(15)18/h2-7H,1H3,(H2,15,18)(H,16,17). The number of aryl methyl sites for hydroxylation is 1.